The fourth-order valence-electron chi connectivity index (χ4n) is 2.01. The Kier molecular flexibility index (Phi) is 3.90. The molecule has 0 aliphatic carbocycles. The molecule has 19 heavy (non-hydrogen) atoms. The van der Waals surface area contributed by atoms with E-state index in [0.29, 0.717) is 24.0 Å². The third kappa shape index (κ3) is 3.37. The topological polar surface area (TPSA) is 43.1 Å². The highest BCUT2D eigenvalue weighted by molar-refractivity contribution is 5.94. The molecule has 2 nitrogen and oxygen atoms in total. The number of benzene rings is 2. The van der Waals surface area contributed by atoms with Gasteiger partial charge >= 0.3 is 0 Å². The van der Waals surface area contributed by atoms with Crippen molar-refractivity contribution in [3.63, 3.8) is 0 Å². The van der Waals surface area contributed by atoms with Crippen LogP contribution in [0.25, 0.3) is 0 Å². The molecule has 0 aliphatic rings. The minimum Gasteiger partial charge on any atom is -0.366 e. The van der Waals surface area contributed by atoms with Crippen LogP contribution in [0.3, 0.4) is 0 Å². The predicted molar refractivity (Wildman–Crippen MR) is 68.7 cm³/mol. The molecule has 0 atom stereocenters. The lowest BCUT2D eigenvalue weighted by Gasteiger charge is -2.07. The van der Waals surface area contributed by atoms with Gasteiger partial charge in [0.25, 0.3) is 0 Å². The van der Waals surface area contributed by atoms with Crippen LogP contribution in [0.4, 0.5) is 8.78 Å². The largest absolute Gasteiger partial charge is 0.366 e. The molecular formula is C15H13F2NO. The first-order valence-electron chi connectivity index (χ1n) is 5.89. The van der Waals surface area contributed by atoms with E-state index in [0.717, 1.165) is 11.6 Å². The van der Waals surface area contributed by atoms with Gasteiger partial charge in [0.15, 0.2) is 0 Å². The Morgan fingerprint density at radius 3 is 2.26 bits per heavy atom. The Morgan fingerprint density at radius 1 is 1.00 bits per heavy atom. The first kappa shape index (κ1) is 13.2. The monoisotopic (exact) mass is 261 g/mol. The van der Waals surface area contributed by atoms with Gasteiger partial charge in [0, 0.05) is 11.6 Å². The van der Waals surface area contributed by atoms with E-state index in [4.69, 9.17) is 5.73 Å². The van der Waals surface area contributed by atoms with Crippen LogP contribution < -0.4 is 5.73 Å². The highest BCUT2D eigenvalue weighted by atomic mass is 19.1. The van der Waals surface area contributed by atoms with Crippen LogP contribution in [0.15, 0.2) is 42.5 Å². The molecule has 0 saturated heterocycles. The van der Waals surface area contributed by atoms with Gasteiger partial charge in [-0.3, -0.25) is 4.79 Å². The van der Waals surface area contributed by atoms with Gasteiger partial charge in [0.1, 0.15) is 11.6 Å². The van der Waals surface area contributed by atoms with Gasteiger partial charge in [-0.1, -0.05) is 18.2 Å². The molecule has 2 N–H and O–H groups in total. The van der Waals surface area contributed by atoms with Gasteiger partial charge in [0.05, 0.1) is 0 Å². The molecule has 0 radical (unpaired) electrons. The van der Waals surface area contributed by atoms with Crippen molar-refractivity contribution in [3.8, 4) is 0 Å². The van der Waals surface area contributed by atoms with Gasteiger partial charge in [0.2, 0.25) is 5.91 Å². The molecule has 0 spiro atoms. The number of hydrogen-bond donors (Lipinski definition) is 1. The van der Waals surface area contributed by atoms with Crippen molar-refractivity contribution in [2.45, 2.75) is 12.8 Å². The fraction of sp³-hybridized carbons (Fsp3) is 0.133. The van der Waals surface area contributed by atoms with E-state index in [9.17, 15) is 13.6 Å². The Bertz CT molecular complexity index is 591. The first-order chi connectivity index (χ1) is 9.06. The van der Waals surface area contributed by atoms with E-state index in [-0.39, 0.29) is 0 Å². The van der Waals surface area contributed by atoms with Crippen LogP contribution in [0.2, 0.25) is 0 Å². The van der Waals surface area contributed by atoms with Crippen LogP contribution in [0, 0.1) is 11.6 Å². The maximum atomic E-state index is 13.0. The van der Waals surface area contributed by atoms with Gasteiger partial charge in [-0.25, -0.2) is 8.78 Å². The third-order valence-electron chi connectivity index (χ3n) is 2.89. The normalized spacial score (nSPS) is 10.4. The zero-order valence-corrected chi connectivity index (χ0v) is 10.2. The van der Waals surface area contributed by atoms with Crippen LogP contribution in [0.1, 0.15) is 21.5 Å². The summed E-state index contributed by atoms with van der Waals surface area (Å²) in [6, 6.07) is 10.4. The average molecular weight is 261 g/mol. The molecule has 0 heterocycles. The number of aryl methyl sites for hydroxylation is 2. The van der Waals surface area contributed by atoms with Crippen molar-refractivity contribution in [1.82, 2.24) is 0 Å². The van der Waals surface area contributed by atoms with Crippen molar-refractivity contribution < 1.29 is 13.6 Å². The minimum absolute atomic E-state index is 0.443. The lowest BCUT2D eigenvalue weighted by molar-refractivity contribution is 0.0999. The number of carbonyl (C=O) groups is 1. The molecule has 2 aromatic carbocycles. The molecule has 4 heteroatoms. The smallest absolute Gasteiger partial charge is 0.248 e. The number of rotatable bonds is 4. The van der Waals surface area contributed by atoms with E-state index in [1.165, 1.54) is 12.1 Å². The summed E-state index contributed by atoms with van der Waals surface area (Å²) >= 11 is 0. The standard InChI is InChI=1S/C15H13F2NO/c16-12-7-10(8-13(17)9-12)5-6-11-3-1-2-4-14(11)15(18)19/h1-4,7-9H,5-6H2,(H2,18,19). The van der Waals surface area contributed by atoms with Crippen LogP contribution in [-0.4, -0.2) is 5.91 Å². The maximum Gasteiger partial charge on any atom is 0.248 e. The lowest BCUT2D eigenvalue weighted by Crippen LogP contribution is -2.14. The summed E-state index contributed by atoms with van der Waals surface area (Å²) in [5, 5.41) is 0. The minimum atomic E-state index is -0.599. The molecule has 2 rings (SSSR count). The number of nitrogens with two attached hydrogens (primary N) is 1. The summed E-state index contributed by atoms with van der Waals surface area (Å²) in [7, 11) is 0. The first-order valence-corrected chi connectivity index (χ1v) is 5.89. The molecule has 2 aromatic rings. The highest BCUT2D eigenvalue weighted by Gasteiger charge is 2.08. The van der Waals surface area contributed by atoms with E-state index in [1.54, 1.807) is 24.3 Å². The number of halogens is 2. The molecular weight excluding hydrogens is 248 g/mol. The van der Waals surface area contributed by atoms with Crippen molar-refractivity contribution in [2.75, 3.05) is 0 Å². The van der Waals surface area contributed by atoms with E-state index >= 15 is 0 Å². The summed E-state index contributed by atoms with van der Waals surface area (Å²) in [6.07, 6.45) is 0.945. The zero-order chi connectivity index (χ0) is 13.8. The zero-order valence-electron chi connectivity index (χ0n) is 10.2. The van der Waals surface area contributed by atoms with E-state index in [1.807, 2.05) is 0 Å². The van der Waals surface area contributed by atoms with Crippen molar-refractivity contribution in [3.05, 3.63) is 70.8 Å². The van der Waals surface area contributed by atoms with Gasteiger partial charge in [-0.05, 0) is 42.2 Å². The summed E-state index contributed by atoms with van der Waals surface area (Å²) in [5.74, 6) is -1.70. The molecule has 0 aromatic heterocycles. The second-order valence-corrected chi connectivity index (χ2v) is 4.30. The fourth-order valence-corrected chi connectivity index (χ4v) is 2.01. The maximum absolute atomic E-state index is 13.0. The third-order valence-corrected chi connectivity index (χ3v) is 2.89. The van der Waals surface area contributed by atoms with Crippen LogP contribution in [-0.2, 0) is 12.8 Å². The molecule has 0 bridgehead atoms. The molecule has 98 valence electrons. The second kappa shape index (κ2) is 5.61. The number of amides is 1. The quantitative estimate of drug-likeness (QED) is 0.903. The Labute approximate surface area is 109 Å². The predicted octanol–water partition coefficient (Wildman–Crippen LogP) is 2.85. The summed E-state index contributed by atoms with van der Waals surface area (Å²) in [5.41, 5.74) is 7.05. The Morgan fingerprint density at radius 2 is 1.63 bits per heavy atom. The molecule has 0 fully saturated rings. The van der Waals surface area contributed by atoms with E-state index < -0.39 is 17.5 Å². The summed E-state index contributed by atoms with van der Waals surface area (Å²) < 4.78 is 26.1. The second-order valence-electron chi connectivity index (χ2n) is 4.30. The summed E-state index contributed by atoms with van der Waals surface area (Å²) in [4.78, 5) is 11.2. The molecule has 0 saturated carbocycles. The van der Waals surface area contributed by atoms with Crippen LogP contribution >= 0.6 is 0 Å². The summed E-state index contributed by atoms with van der Waals surface area (Å²) in [6.45, 7) is 0. The van der Waals surface area contributed by atoms with Gasteiger partial charge in [-0.15, -0.1) is 0 Å². The van der Waals surface area contributed by atoms with E-state index in [2.05, 4.69) is 0 Å². The number of carbonyl (C=O) groups excluding carboxylic acids is 1. The number of primary amides is 1. The molecule has 0 aliphatic heterocycles. The van der Waals surface area contributed by atoms with Crippen molar-refractivity contribution >= 4 is 5.91 Å². The van der Waals surface area contributed by atoms with Crippen molar-refractivity contribution in [1.29, 1.82) is 0 Å². The molecule has 0 unspecified atom stereocenters. The SMILES string of the molecule is NC(=O)c1ccccc1CCc1cc(F)cc(F)c1. The van der Waals surface area contributed by atoms with Gasteiger partial charge in [-0.2, -0.15) is 0 Å². The average Bonchev–Trinajstić information content (AvgIpc) is 2.35. The molecule has 1 amide bonds. The Balaban J connectivity index is 2.16. The van der Waals surface area contributed by atoms with Crippen molar-refractivity contribution in [2.24, 2.45) is 5.73 Å². The van der Waals surface area contributed by atoms with Crippen LogP contribution in [0.5, 0.6) is 0 Å². The van der Waals surface area contributed by atoms with Gasteiger partial charge < -0.3 is 5.73 Å². The Hall–Kier alpha value is -2.23. The number of hydrogen-bond acceptors (Lipinski definition) is 1. The lowest BCUT2D eigenvalue weighted by atomic mass is 9.99. The highest BCUT2D eigenvalue weighted by Crippen LogP contribution is 2.14.